The Kier molecular flexibility index (Phi) is 2.69. The molecule has 0 N–H and O–H groups in total. The molecule has 1 aliphatic heterocycles. The Morgan fingerprint density at radius 3 is 1.89 bits per heavy atom. The van der Waals surface area contributed by atoms with Gasteiger partial charge in [-0.3, -0.25) is 0 Å². The first kappa shape index (κ1) is 12.0. The maximum atomic E-state index is 5.93. The first-order chi connectivity index (χ1) is 9.14. The minimum atomic E-state index is -0.468. The van der Waals surface area contributed by atoms with Crippen LogP contribution in [0.3, 0.4) is 0 Å². The summed E-state index contributed by atoms with van der Waals surface area (Å²) in [6.45, 7) is 4.17. The van der Waals surface area contributed by atoms with Crippen molar-refractivity contribution in [3.05, 3.63) is 71.8 Å². The average molecular weight is 248 g/mol. The fourth-order valence-electron chi connectivity index (χ4n) is 2.37. The van der Waals surface area contributed by atoms with E-state index in [2.05, 4.69) is 37.8 Å². The molecular formula is C18H16O. The molecule has 3 rings (SSSR count). The zero-order valence-electron chi connectivity index (χ0n) is 11.2. The normalized spacial score (nSPS) is 23.3. The highest BCUT2D eigenvalue weighted by Crippen LogP contribution is 2.54. The maximum absolute atomic E-state index is 5.93. The van der Waals surface area contributed by atoms with Gasteiger partial charge in [-0.2, -0.15) is 0 Å². The molecule has 0 aromatic heterocycles. The van der Waals surface area contributed by atoms with Crippen molar-refractivity contribution in [2.45, 2.75) is 25.0 Å². The molecule has 0 radical (unpaired) electrons. The molecule has 19 heavy (non-hydrogen) atoms. The summed E-state index contributed by atoms with van der Waals surface area (Å²) in [6, 6.07) is 20.2. The number of ether oxygens (including phenoxy) is 1. The van der Waals surface area contributed by atoms with E-state index in [1.165, 1.54) is 0 Å². The molecule has 0 saturated carbocycles. The van der Waals surface area contributed by atoms with Gasteiger partial charge >= 0.3 is 0 Å². The quantitative estimate of drug-likeness (QED) is 0.553. The Morgan fingerprint density at radius 1 is 0.842 bits per heavy atom. The van der Waals surface area contributed by atoms with Crippen LogP contribution in [0.15, 0.2) is 60.7 Å². The minimum Gasteiger partial charge on any atom is -0.345 e. The van der Waals surface area contributed by atoms with Gasteiger partial charge in [0.05, 0.1) is 0 Å². The lowest BCUT2D eigenvalue weighted by Gasteiger charge is -2.08. The first-order valence-electron chi connectivity index (χ1n) is 6.48. The summed E-state index contributed by atoms with van der Waals surface area (Å²) in [4.78, 5) is 0. The Bertz CT molecular complexity index is 632. The summed E-state index contributed by atoms with van der Waals surface area (Å²) in [5.41, 5.74) is 1.45. The second kappa shape index (κ2) is 4.26. The van der Waals surface area contributed by atoms with Gasteiger partial charge in [-0.1, -0.05) is 60.4 Å². The fourth-order valence-corrected chi connectivity index (χ4v) is 2.37. The molecular weight excluding hydrogens is 232 g/mol. The number of epoxide rings is 1. The van der Waals surface area contributed by atoms with Crippen LogP contribution in [0.2, 0.25) is 0 Å². The standard InChI is InChI=1S/C18H16O/c1-17(2)18(19-17,16-11-7-4-8-12-16)14-13-15-9-5-3-6-10-15/h3-12H,1-2H3. The second-order valence-corrected chi connectivity index (χ2v) is 5.28. The van der Waals surface area contributed by atoms with Gasteiger partial charge in [-0.25, -0.2) is 0 Å². The van der Waals surface area contributed by atoms with Gasteiger partial charge in [-0.15, -0.1) is 0 Å². The number of rotatable bonds is 1. The van der Waals surface area contributed by atoms with Gasteiger partial charge in [0.25, 0.3) is 0 Å². The predicted octanol–water partition coefficient (Wildman–Crippen LogP) is 3.74. The first-order valence-corrected chi connectivity index (χ1v) is 6.48. The smallest absolute Gasteiger partial charge is 0.183 e. The van der Waals surface area contributed by atoms with E-state index in [1.54, 1.807) is 0 Å². The largest absolute Gasteiger partial charge is 0.345 e. The summed E-state index contributed by atoms with van der Waals surface area (Å²) in [7, 11) is 0. The van der Waals surface area contributed by atoms with Gasteiger partial charge in [0.1, 0.15) is 5.60 Å². The summed E-state index contributed by atoms with van der Waals surface area (Å²) in [5, 5.41) is 0. The lowest BCUT2D eigenvalue weighted by molar-refractivity contribution is 0.305. The van der Waals surface area contributed by atoms with E-state index in [9.17, 15) is 0 Å². The topological polar surface area (TPSA) is 12.5 Å². The number of hydrogen-bond donors (Lipinski definition) is 0. The van der Waals surface area contributed by atoms with E-state index in [-0.39, 0.29) is 5.60 Å². The minimum absolute atomic E-state index is 0.226. The summed E-state index contributed by atoms with van der Waals surface area (Å²) < 4.78 is 5.93. The number of benzene rings is 2. The van der Waals surface area contributed by atoms with Crippen LogP contribution in [0.25, 0.3) is 0 Å². The van der Waals surface area contributed by atoms with Crippen LogP contribution in [0, 0.1) is 11.8 Å². The lowest BCUT2D eigenvalue weighted by atomic mass is 9.89. The average Bonchev–Trinajstić information content (AvgIpc) is 3.02. The molecule has 1 aliphatic rings. The Balaban J connectivity index is 1.99. The van der Waals surface area contributed by atoms with Crippen molar-refractivity contribution in [2.24, 2.45) is 0 Å². The molecule has 1 saturated heterocycles. The van der Waals surface area contributed by atoms with Crippen LogP contribution in [-0.2, 0) is 10.3 Å². The molecule has 2 aromatic rings. The molecule has 94 valence electrons. The van der Waals surface area contributed by atoms with Crippen LogP contribution in [0.5, 0.6) is 0 Å². The third-order valence-electron chi connectivity index (χ3n) is 3.55. The molecule has 0 aliphatic carbocycles. The zero-order valence-corrected chi connectivity index (χ0v) is 11.2. The molecule has 1 nitrogen and oxygen atoms in total. The third-order valence-corrected chi connectivity index (χ3v) is 3.55. The number of hydrogen-bond acceptors (Lipinski definition) is 1. The second-order valence-electron chi connectivity index (χ2n) is 5.28. The summed E-state index contributed by atoms with van der Waals surface area (Å²) in [6.07, 6.45) is 0. The highest BCUT2D eigenvalue weighted by molar-refractivity contribution is 5.46. The van der Waals surface area contributed by atoms with Crippen molar-refractivity contribution >= 4 is 0 Å². The predicted molar refractivity (Wildman–Crippen MR) is 76.6 cm³/mol. The van der Waals surface area contributed by atoms with E-state index >= 15 is 0 Å². The van der Waals surface area contributed by atoms with E-state index in [1.807, 2.05) is 48.5 Å². The molecule has 1 fully saturated rings. The van der Waals surface area contributed by atoms with Crippen LogP contribution in [0.1, 0.15) is 25.0 Å². The van der Waals surface area contributed by atoms with Crippen LogP contribution < -0.4 is 0 Å². The van der Waals surface area contributed by atoms with E-state index < -0.39 is 5.60 Å². The zero-order chi connectivity index (χ0) is 13.3. The summed E-state index contributed by atoms with van der Waals surface area (Å²) >= 11 is 0. The fraction of sp³-hybridized carbons (Fsp3) is 0.222. The molecule has 0 amide bonds. The van der Waals surface area contributed by atoms with E-state index in [0.29, 0.717) is 0 Å². The van der Waals surface area contributed by atoms with Crippen molar-refractivity contribution < 1.29 is 4.74 Å². The molecule has 1 unspecified atom stereocenters. The van der Waals surface area contributed by atoms with Crippen molar-refractivity contribution in [1.29, 1.82) is 0 Å². The van der Waals surface area contributed by atoms with Crippen molar-refractivity contribution in [3.63, 3.8) is 0 Å². The van der Waals surface area contributed by atoms with Gasteiger partial charge in [0.15, 0.2) is 5.60 Å². The third kappa shape index (κ3) is 2.05. The van der Waals surface area contributed by atoms with Crippen LogP contribution in [0.4, 0.5) is 0 Å². The van der Waals surface area contributed by atoms with E-state index in [4.69, 9.17) is 4.74 Å². The van der Waals surface area contributed by atoms with E-state index in [0.717, 1.165) is 11.1 Å². The maximum Gasteiger partial charge on any atom is 0.183 e. The Labute approximate surface area is 114 Å². The van der Waals surface area contributed by atoms with Gasteiger partial charge < -0.3 is 4.74 Å². The van der Waals surface area contributed by atoms with Crippen molar-refractivity contribution in [3.8, 4) is 11.8 Å². The van der Waals surface area contributed by atoms with Crippen molar-refractivity contribution in [1.82, 2.24) is 0 Å². The molecule has 0 spiro atoms. The molecule has 1 heteroatoms. The van der Waals surface area contributed by atoms with Gasteiger partial charge in [-0.05, 0) is 31.5 Å². The molecule has 1 atom stereocenters. The van der Waals surface area contributed by atoms with Gasteiger partial charge in [0, 0.05) is 5.56 Å². The monoisotopic (exact) mass is 248 g/mol. The van der Waals surface area contributed by atoms with Crippen LogP contribution in [-0.4, -0.2) is 5.60 Å². The summed E-state index contributed by atoms with van der Waals surface area (Å²) in [5.74, 6) is 6.55. The van der Waals surface area contributed by atoms with Gasteiger partial charge in [0.2, 0.25) is 0 Å². The highest BCUT2D eigenvalue weighted by atomic mass is 16.6. The Hall–Kier alpha value is -2.04. The van der Waals surface area contributed by atoms with Crippen LogP contribution >= 0.6 is 0 Å². The highest BCUT2D eigenvalue weighted by Gasteiger charge is 2.64. The molecule has 0 bridgehead atoms. The van der Waals surface area contributed by atoms with Crippen molar-refractivity contribution in [2.75, 3.05) is 0 Å². The lowest BCUT2D eigenvalue weighted by Crippen LogP contribution is -2.16. The molecule has 1 heterocycles. The SMILES string of the molecule is CC1(C)OC1(C#Cc1ccccc1)c1ccccc1. The Morgan fingerprint density at radius 2 is 1.37 bits per heavy atom. The molecule has 2 aromatic carbocycles.